The molecule has 0 spiro atoms. The largest absolute Gasteiger partial charge is 0.388 e. The molecule has 0 aromatic carbocycles. The molecular formula is C13H25N3O2. The van der Waals surface area contributed by atoms with Gasteiger partial charge >= 0.3 is 0 Å². The summed E-state index contributed by atoms with van der Waals surface area (Å²) in [6.07, 6.45) is 5.38. The van der Waals surface area contributed by atoms with Gasteiger partial charge in [-0.1, -0.05) is 6.92 Å². The number of nitrogens with zero attached hydrogens (tertiary/aromatic N) is 2. The number of hydrogen-bond donors (Lipinski definition) is 2. The third kappa shape index (κ3) is 5.16. The number of imidazole rings is 1. The lowest BCUT2D eigenvalue weighted by Gasteiger charge is -2.23. The fourth-order valence-corrected chi connectivity index (χ4v) is 1.89. The number of rotatable bonds is 9. The first-order chi connectivity index (χ1) is 8.59. The van der Waals surface area contributed by atoms with Crippen molar-refractivity contribution in [2.75, 3.05) is 26.8 Å². The molecule has 0 radical (unpaired) electrons. The summed E-state index contributed by atoms with van der Waals surface area (Å²) < 4.78 is 7.05. The first-order valence-corrected chi connectivity index (χ1v) is 6.51. The van der Waals surface area contributed by atoms with Crippen molar-refractivity contribution in [2.45, 2.75) is 38.8 Å². The fraction of sp³-hybridized carbons (Fsp3) is 0.769. The molecule has 2 N–H and O–H groups in total. The molecule has 5 heteroatoms. The van der Waals surface area contributed by atoms with Crippen molar-refractivity contribution in [3.63, 3.8) is 0 Å². The number of methoxy groups -OCH3 is 1. The van der Waals surface area contributed by atoms with Gasteiger partial charge in [0.2, 0.25) is 0 Å². The van der Waals surface area contributed by atoms with Crippen LogP contribution in [0.4, 0.5) is 0 Å². The lowest BCUT2D eigenvalue weighted by molar-refractivity contribution is 0.0553. The molecule has 18 heavy (non-hydrogen) atoms. The van der Waals surface area contributed by atoms with Crippen LogP contribution >= 0.6 is 0 Å². The Morgan fingerprint density at radius 2 is 2.33 bits per heavy atom. The molecule has 1 atom stereocenters. The predicted octanol–water partition coefficient (Wildman–Crippen LogP) is 0.823. The first-order valence-electron chi connectivity index (χ1n) is 6.51. The summed E-state index contributed by atoms with van der Waals surface area (Å²) in [7, 11) is 1.67. The summed E-state index contributed by atoms with van der Waals surface area (Å²) >= 11 is 0. The van der Waals surface area contributed by atoms with E-state index < -0.39 is 5.60 Å². The molecule has 0 saturated carbocycles. The van der Waals surface area contributed by atoms with E-state index in [9.17, 15) is 5.11 Å². The summed E-state index contributed by atoms with van der Waals surface area (Å²) in [6.45, 7) is 6.85. The Bertz CT molecular complexity index is 337. The van der Waals surface area contributed by atoms with Crippen molar-refractivity contribution in [2.24, 2.45) is 0 Å². The number of aliphatic hydroxyl groups is 1. The molecule has 1 rings (SSSR count). The average Bonchev–Trinajstić information content (AvgIpc) is 2.72. The van der Waals surface area contributed by atoms with Crippen molar-refractivity contribution in [1.29, 1.82) is 0 Å². The molecule has 5 nitrogen and oxygen atoms in total. The van der Waals surface area contributed by atoms with Gasteiger partial charge in [0, 0.05) is 45.6 Å². The van der Waals surface area contributed by atoms with Crippen LogP contribution in [0, 0.1) is 0 Å². The molecule has 0 bridgehead atoms. The summed E-state index contributed by atoms with van der Waals surface area (Å²) in [5.74, 6) is 0.940. The van der Waals surface area contributed by atoms with Crippen LogP contribution < -0.4 is 5.32 Å². The second kappa shape index (κ2) is 7.51. The standard InChI is InChI=1S/C13H25N3O2/c1-4-7-16-8-5-15-12(16)10-13(2,17)11-14-6-9-18-3/h5,8,14,17H,4,6-7,9-11H2,1-3H3. The third-order valence-electron chi connectivity index (χ3n) is 2.79. The van der Waals surface area contributed by atoms with E-state index in [-0.39, 0.29) is 0 Å². The van der Waals surface area contributed by atoms with Gasteiger partial charge in [0.05, 0.1) is 12.2 Å². The second-order valence-corrected chi connectivity index (χ2v) is 4.88. The van der Waals surface area contributed by atoms with E-state index in [4.69, 9.17) is 4.74 Å². The third-order valence-corrected chi connectivity index (χ3v) is 2.79. The van der Waals surface area contributed by atoms with E-state index in [0.29, 0.717) is 19.6 Å². The Morgan fingerprint density at radius 3 is 3.00 bits per heavy atom. The van der Waals surface area contributed by atoms with Gasteiger partial charge in [-0.3, -0.25) is 0 Å². The fourth-order valence-electron chi connectivity index (χ4n) is 1.89. The van der Waals surface area contributed by atoms with E-state index in [1.165, 1.54) is 0 Å². The number of aryl methyl sites for hydroxylation is 1. The van der Waals surface area contributed by atoms with Gasteiger partial charge in [-0.15, -0.1) is 0 Å². The molecule has 1 unspecified atom stereocenters. The zero-order valence-corrected chi connectivity index (χ0v) is 11.6. The molecule has 0 fully saturated rings. The van der Waals surface area contributed by atoms with Crippen LogP contribution in [0.15, 0.2) is 12.4 Å². The molecule has 0 aliphatic carbocycles. The number of hydrogen-bond acceptors (Lipinski definition) is 4. The number of nitrogens with one attached hydrogen (secondary N) is 1. The van der Waals surface area contributed by atoms with E-state index in [1.54, 1.807) is 13.3 Å². The molecule has 0 saturated heterocycles. The number of ether oxygens (including phenoxy) is 1. The monoisotopic (exact) mass is 255 g/mol. The maximum atomic E-state index is 10.3. The van der Waals surface area contributed by atoms with Gasteiger partial charge in [0.15, 0.2) is 0 Å². The quantitative estimate of drug-likeness (QED) is 0.642. The highest BCUT2D eigenvalue weighted by molar-refractivity contribution is 4.98. The maximum absolute atomic E-state index is 10.3. The van der Waals surface area contributed by atoms with E-state index >= 15 is 0 Å². The van der Waals surface area contributed by atoms with E-state index in [1.807, 2.05) is 13.1 Å². The summed E-state index contributed by atoms with van der Waals surface area (Å²) in [6, 6.07) is 0. The smallest absolute Gasteiger partial charge is 0.111 e. The van der Waals surface area contributed by atoms with Crippen LogP contribution in [0.1, 0.15) is 26.1 Å². The Hall–Kier alpha value is -0.910. The van der Waals surface area contributed by atoms with Crippen molar-refractivity contribution < 1.29 is 9.84 Å². The van der Waals surface area contributed by atoms with Crippen LogP contribution in [0.2, 0.25) is 0 Å². The summed E-state index contributed by atoms with van der Waals surface area (Å²) in [5, 5.41) is 13.5. The maximum Gasteiger partial charge on any atom is 0.111 e. The van der Waals surface area contributed by atoms with Gasteiger partial charge in [0.1, 0.15) is 5.82 Å². The molecule has 1 aromatic rings. The van der Waals surface area contributed by atoms with Gasteiger partial charge in [-0.25, -0.2) is 4.98 Å². The summed E-state index contributed by atoms with van der Waals surface area (Å²) in [4.78, 5) is 4.31. The molecule has 1 aromatic heterocycles. The Morgan fingerprint density at radius 1 is 1.56 bits per heavy atom. The molecule has 0 amide bonds. The number of aromatic nitrogens is 2. The van der Waals surface area contributed by atoms with E-state index in [0.717, 1.165) is 25.3 Å². The highest BCUT2D eigenvalue weighted by atomic mass is 16.5. The van der Waals surface area contributed by atoms with Crippen LogP contribution in [-0.4, -0.2) is 47.1 Å². The lowest BCUT2D eigenvalue weighted by atomic mass is 10.0. The van der Waals surface area contributed by atoms with Crippen LogP contribution in [-0.2, 0) is 17.7 Å². The molecular weight excluding hydrogens is 230 g/mol. The van der Waals surface area contributed by atoms with Gasteiger partial charge < -0.3 is 19.7 Å². The average molecular weight is 255 g/mol. The molecule has 1 heterocycles. The minimum atomic E-state index is -0.787. The van der Waals surface area contributed by atoms with E-state index in [2.05, 4.69) is 21.8 Å². The van der Waals surface area contributed by atoms with Crippen LogP contribution in [0.25, 0.3) is 0 Å². The topological polar surface area (TPSA) is 59.3 Å². The Kier molecular flexibility index (Phi) is 6.32. The van der Waals surface area contributed by atoms with Gasteiger partial charge in [0.25, 0.3) is 0 Å². The highest BCUT2D eigenvalue weighted by Crippen LogP contribution is 2.11. The Balaban J connectivity index is 2.45. The minimum absolute atomic E-state index is 0.537. The summed E-state index contributed by atoms with van der Waals surface area (Å²) in [5.41, 5.74) is -0.787. The van der Waals surface area contributed by atoms with Crippen molar-refractivity contribution in [1.82, 2.24) is 14.9 Å². The minimum Gasteiger partial charge on any atom is -0.388 e. The zero-order chi connectivity index (χ0) is 13.4. The van der Waals surface area contributed by atoms with Gasteiger partial charge in [-0.05, 0) is 13.3 Å². The normalized spacial score (nSPS) is 14.7. The predicted molar refractivity (Wildman–Crippen MR) is 71.6 cm³/mol. The first kappa shape index (κ1) is 15.1. The van der Waals surface area contributed by atoms with Crippen molar-refractivity contribution in [3.05, 3.63) is 18.2 Å². The van der Waals surface area contributed by atoms with Gasteiger partial charge in [-0.2, -0.15) is 0 Å². The zero-order valence-electron chi connectivity index (χ0n) is 11.6. The highest BCUT2D eigenvalue weighted by Gasteiger charge is 2.22. The second-order valence-electron chi connectivity index (χ2n) is 4.88. The molecule has 0 aliphatic heterocycles. The Labute approximate surface area is 109 Å². The molecule has 0 aliphatic rings. The molecule has 104 valence electrons. The van der Waals surface area contributed by atoms with Crippen LogP contribution in [0.3, 0.4) is 0 Å². The SMILES string of the molecule is CCCn1ccnc1CC(C)(O)CNCCOC. The lowest BCUT2D eigenvalue weighted by Crippen LogP contribution is -2.41. The van der Waals surface area contributed by atoms with Crippen LogP contribution in [0.5, 0.6) is 0 Å². The van der Waals surface area contributed by atoms with Crippen molar-refractivity contribution >= 4 is 0 Å². The van der Waals surface area contributed by atoms with Crippen molar-refractivity contribution in [3.8, 4) is 0 Å².